The zero-order valence-corrected chi connectivity index (χ0v) is 14.7. The van der Waals surface area contributed by atoms with E-state index in [4.69, 9.17) is 4.42 Å². The molecule has 1 unspecified atom stereocenters. The first-order valence-electron chi connectivity index (χ1n) is 8.44. The maximum Gasteiger partial charge on any atom is 0.326 e. The molecule has 7 heteroatoms. The number of para-hydroxylation sites is 1. The molecule has 7 nitrogen and oxygen atoms in total. The van der Waals surface area contributed by atoms with Crippen LogP contribution in [-0.2, 0) is 16.0 Å². The molecule has 0 saturated carbocycles. The Hall–Kier alpha value is -3.87. The number of phenols is 1. The molecule has 2 aromatic carbocycles. The Kier molecular flexibility index (Phi) is 5.55. The van der Waals surface area contributed by atoms with Gasteiger partial charge >= 0.3 is 5.97 Å². The number of carboxylic acid groups (broad SMARTS) is 1. The molecule has 1 atom stereocenters. The van der Waals surface area contributed by atoms with Crippen molar-refractivity contribution in [3.8, 4) is 5.75 Å². The third-order valence-electron chi connectivity index (χ3n) is 4.11. The second-order valence-corrected chi connectivity index (χ2v) is 6.12. The molecule has 0 saturated heterocycles. The number of fused-ring (bicyclic) bond motifs is 1. The maximum atomic E-state index is 12.4. The molecule has 1 heterocycles. The summed E-state index contributed by atoms with van der Waals surface area (Å²) >= 11 is 0. The smallest absolute Gasteiger partial charge is 0.326 e. The summed E-state index contributed by atoms with van der Waals surface area (Å²) in [6, 6.07) is 11.6. The minimum atomic E-state index is -1.19. The summed E-state index contributed by atoms with van der Waals surface area (Å²) in [7, 11) is 0. The Labute approximate surface area is 159 Å². The van der Waals surface area contributed by atoms with Gasteiger partial charge in [0.25, 0.3) is 0 Å². The van der Waals surface area contributed by atoms with Crippen LogP contribution in [0.1, 0.15) is 11.1 Å². The highest BCUT2D eigenvalue weighted by Gasteiger charge is 2.19. The predicted molar refractivity (Wildman–Crippen MR) is 103 cm³/mol. The van der Waals surface area contributed by atoms with E-state index in [1.165, 1.54) is 24.5 Å². The van der Waals surface area contributed by atoms with Crippen molar-refractivity contribution in [2.45, 2.75) is 12.5 Å². The highest BCUT2D eigenvalue weighted by atomic mass is 16.4. The molecule has 1 amide bonds. The number of carbonyl (C=O) groups is 2. The first-order chi connectivity index (χ1) is 13.4. The largest absolute Gasteiger partial charge is 0.508 e. The molecular weight excluding hydrogens is 362 g/mol. The standard InChI is InChI=1S/C21H17NO6/c23-15-8-5-13(6-9-15)11-17(21(26)27)22-19(24)10-7-14-12-28-18-4-2-1-3-16(18)20(14)25/h1-10,12,17,23H,11H2,(H,22,24)(H,26,27)/b10-7+. The predicted octanol–water partition coefficient (Wildman–Crippen LogP) is 2.32. The van der Waals surface area contributed by atoms with Gasteiger partial charge in [-0.05, 0) is 35.9 Å². The lowest BCUT2D eigenvalue weighted by Crippen LogP contribution is -2.41. The van der Waals surface area contributed by atoms with Crippen molar-refractivity contribution >= 4 is 28.9 Å². The van der Waals surface area contributed by atoms with Crippen LogP contribution in [0.3, 0.4) is 0 Å². The van der Waals surface area contributed by atoms with Crippen LogP contribution in [0.25, 0.3) is 17.0 Å². The van der Waals surface area contributed by atoms with E-state index in [0.717, 1.165) is 6.08 Å². The molecule has 142 valence electrons. The topological polar surface area (TPSA) is 117 Å². The number of nitrogens with one attached hydrogen (secondary N) is 1. The normalized spacial score (nSPS) is 12.1. The number of aliphatic carboxylic acids is 1. The van der Waals surface area contributed by atoms with Crippen molar-refractivity contribution in [1.82, 2.24) is 5.32 Å². The van der Waals surface area contributed by atoms with E-state index in [9.17, 15) is 24.6 Å². The van der Waals surface area contributed by atoms with Crippen molar-refractivity contribution in [2.75, 3.05) is 0 Å². The van der Waals surface area contributed by atoms with Crippen LogP contribution < -0.4 is 10.7 Å². The molecule has 1 aromatic heterocycles. The lowest BCUT2D eigenvalue weighted by atomic mass is 10.1. The van der Waals surface area contributed by atoms with E-state index in [-0.39, 0.29) is 23.2 Å². The second-order valence-electron chi connectivity index (χ2n) is 6.12. The summed E-state index contributed by atoms with van der Waals surface area (Å²) in [5.41, 5.74) is 0.975. The number of carbonyl (C=O) groups excluding carboxylic acids is 1. The monoisotopic (exact) mass is 379 g/mol. The first kappa shape index (κ1) is 18.9. The molecule has 28 heavy (non-hydrogen) atoms. The highest BCUT2D eigenvalue weighted by Crippen LogP contribution is 2.12. The molecule has 0 aliphatic rings. The van der Waals surface area contributed by atoms with Gasteiger partial charge in [0.05, 0.1) is 10.9 Å². The minimum absolute atomic E-state index is 0.0489. The SMILES string of the molecule is O=C(/C=C/c1coc2ccccc2c1=O)NC(Cc1ccc(O)cc1)C(=O)O. The Balaban J connectivity index is 1.72. The van der Waals surface area contributed by atoms with Crippen molar-refractivity contribution in [3.05, 3.63) is 82.2 Å². The van der Waals surface area contributed by atoms with E-state index in [0.29, 0.717) is 16.5 Å². The van der Waals surface area contributed by atoms with E-state index in [2.05, 4.69) is 5.32 Å². The number of rotatable bonds is 6. The van der Waals surface area contributed by atoms with Crippen LogP contribution >= 0.6 is 0 Å². The summed E-state index contributed by atoms with van der Waals surface area (Å²) in [5, 5.41) is 21.4. The van der Waals surface area contributed by atoms with Gasteiger partial charge in [0.2, 0.25) is 5.91 Å². The molecule has 3 aromatic rings. The first-order valence-corrected chi connectivity index (χ1v) is 8.44. The quantitative estimate of drug-likeness (QED) is 0.566. The average molecular weight is 379 g/mol. The third-order valence-corrected chi connectivity index (χ3v) is 4.11. The number of amides is 1. The molecular formula is C21H17NO6. The number of carboxylic acids is 1. The zero-order valence-electron chi connectivity index (χ0n) is 14.7. The highest BCUT2D eigenvalue weighted by molar-refractivity contribution is 5.94. The Morgan fingerprint density at radius 1 is 1.11 bits per heavy atom. The van der Waals surface area contributed by atoms with Gasteiger partial charge in [-0.1, -0.05) is 24.3 Å². The van der Waals surface area contributed by atoms with Crippen LogP contribution in [0.2, 0.25) is 0 Å². The lowest BCUT2D eigenvalue weighted by molar-refractivity contribution is -0.141. The van der Waals surface area contributed by atoms with Crippen LogP contribution in [0.15, 0.2) is 70.1 Å². The fourth-order valence-corrected chi connectivity index (χ4v) is 2.66. The lowest BCUT2D eigenvalue weighted by Gasteiger charge is -2.13. The number of phenolic OH excluding ortho intramolecular Hbond substituents is 1. The van der Waals surface area contributed by atoms with Gasteiger partial charge in [-0.2, -0.15) is 0 Å². The summed E-state index contributed by atoms with van der Waals surface area (Å²) in [5.74, 6) is -1.78. The summed E-state index contributed by atoms with van der Waals surface area (Å²) in [4.78, 5) is 35.9. The van der Waals surface area contributed by atoms with Crippen LogP contribution in [-0.4, -0.2) is 28.1 Å². The average Bonchev–Trinajstić information content (AvgIpc) is 2.68. The summed E-state index contributed by atoms with van der Waals surface area (Å²) in [6.07, 6.45) is 3.67. The van der Waals surface area contributed by atoms with E-state index in [1.807, 2.05) is 0 Å². The van der Waals surface area contributed by atoms with Crippen molar-refractivity contribution in [2.24, 2.45) is 0 Å². The number of aromatic hydroxyl groups is 1. The fraction of sp³-hybridized carbons (Fsp3) is 0.0952. The third kappa shape index (κ3) is 4.45. The Bertz CT molecular complexity index is 1100. The zero-order chi connectivity index (χ0) is 20.1. The second kappa shape index (κ2) is 8.22. The van der Waals surface area contributed by atoms with Crippen LogP contribution in [0, 0.1) is 0 Å². The molecule has 3 N–H and O–H groups in total. The van der Waals surface area contributed by atoms with Gasteiger partial charge in [0.15, 0.2) is 5.43 Å². The molecule has 0 bridgehead atoms. The molecule has 3 rings (SSSR count). The molecule has 0 aliphatic carbocycles. The molecule has 0 radical (unpaired) electrons. The van der Waals surface area contributed by atoms with E-state index < -0.39 is 17.9 Å². The van der Waals surface area contributed by atoms with E-state index >= 15 is 0 Å². The molecule has 0 aliphatic heterocycles. The van der Waals surface area contributed by atoms with Crippen molar-refractivity contribution in [1.29, 1.82) is 0 Å². The minimum Gasteiger partial charge on any atom is -0.508 e. The number of hydrogen-bond acceptors (Lipinski definition) is 5. The number of hydrogen-bond donors (Lipinski definition) is 3. The van der Waals surface area contributed by atoms with Crippen molar-refractivity contribution < 1.29 is 24.2 Å². The Morgan fingerprint density at radius 2 is 1.82 bits per heavy atom. The van der Waals surface area contributed by atoms with Gasteiger partial charge in [-0.25, -0.2) is 4.79 Å². The van der Waals surface area contributed by atoms with Gasteiger partial charge in [0, 0.05) is 12.5 Å². The van der Waals surface area contributed by atoms with E-state index in [1.54, 1.807) is 36.4 Å². The Morgan fingerprint density at radius 3 is 2.54 bits per heavy atom. The molecule has 0 fully saturated rings. The molecule has 0 spiro atoms. The van der Waals surface area contributed by atoms with Gasteiger partial charge in [0.1, 0.15) is 23.6 Å². The van der Waals surface area contributed by atoms with Gasteiger partial charge in [-0.3, -0.25) is 9.59 Å². The maximum absolute atomic E-state index is 12.4. The summed E-state index contributed by atoms with van der Waals surface area (Å²) < 4.78 is 5.37. The fourth-order valence-electron chi connectivity index (χ4n) is 2.66. The van der Waals surface area contributed by atoms with Crippen LogP contribution in [0.4, 0.5) is 0 Å². The van der Waals surface area contributed by atoms with Crippen LogP contribution in [0.5, 0.6) is 5.75 Å². The van der Waals surface area contributed by atoms with Gasteiger partial charge in [-0.15, -0.1) is 0 Å². The van der Waals surface area contributed by atoms with Crippen molar-refractivity contribution in [3.63, 3.8) is 0 Å². The number of benzene rings is 2. The van der Waals surface area contributed by atoms with Gasteiger partial charge < -0.3 is 19.9 Å². The summed E-state index contributed by atoms with van der Waals surface area (Å²) in [6.45, 7) is 0.